The number of hydrogen-bond acceptors (Lipinski definition) is 9. The largest absolute Gasteiger partial charge is 0.493 e. The van der Waals surface area contributed by atoms with Crippen LogP contribution in [0, 0.1) is 5.92 Å². The van der Waals surface area contributed by atoms with Crippen LogP contribution in [0.3, 0.4) is 0 Å². The second-order valence-electron chi connectivity index (χ2n) is 8.87. The van der Waals surface area contributed by atoms with Gasteiger partial charge in [-0.2, -0.15) is 0 Å². The lowest BCUT2D eigenvalue weighted by atomic mass is 9.96. The maximum absolute atomic E-state index is 13.1. The molecule has 1 aromatic carbocycles. The van der Waals surface area contributed by atoms with E-state index in [1.807, 2.05) is 37.3 Å². The first-order valence-electron chi connectivity index (χ1n) is 12.3. The number of ether oxygens (including phenoxy) is 5. The van der Waals surface area contributed by atoms with Gasteiger partial charge in [-0.05, 0) is 44.7 Å². The van der Waals surface area contributed by atoms with Crippen LogP contribution in [0.4, 0.5) is 0 Å². The van der Waals surface area contributed by atoms with Crippen molar-refractivity contribution < 1.29 is 38.1 Å². The first-order valence-corrected chi connectivity index (χ1v) is 12.3. The van der Waals surface area contributed by atoms with Crippen molar-refractivity contribution in [1.29, 1.82) is 0 Å². The molecule has 1 aliphatic carbocycles. The van der Waals surface area contributed by atoms with Crippen molar-refractivity contribution in [2.75, 3.05) is 13.9 Å². The predicted octanol–water partition coefficient (Wildman–Crippen LogP) is 3.68. The molecule has 1 heterocycles. The molecule has 0 bridgehead atoms. The van der Waals surface area contributed by atoms with E-state index in [1.165, 1.54) is 33.2 Å². The molecule has 1 aliphatic rings. The van der Waals surface area contributed by atoms with Gasteiger partial charge in [-0.15, -0.1) is 0 Å². The second-order valence-corrected chi connectivity index (χ2v) is 8.87. The van der Waals surface area contributed by atoms with Crippen LogP contribution < -0.4 is 19.5 Å². The normalized spacial score (nSPS) is 15.7. The molecule has 10 nitrogen and oxygen atoms in total. The molecule has 3 rings (SSSR count). The maximum atomic E-state index is 13.1. The van der Waals surface area contributed by atoms with Crippen LogP contribution in [-0.2, 0) is 19.1 Å². The van der Waals surface area contributed by atoms with Crippen molar-refractivity contribution in [3.05, 3.63) is 48.3 Å². The van der Waals surface area contributed by atoms with E-state index < -0.39 is 36.8 Å². The molecule has 0 aliphatic heterocycles. The zero-order valence-electron chi connectivity index (χ0n) is 21.6. The van der Waals surface area contributed by atoms with Gasteiger partial charge in [0.1, 0.15) is 24.0 Å². The summed E-state index contributed by atoms with van der Waals surface area (Å²) in [7, 11) is 1.40. The molecule has 2 aromatic rings. The number of esters is 2. The first-order chi connectivity index (χ1) is 17.8. The Morgan fingerprint density at radius 2 is 1.78 bits per heavy atom. The zero-order valence-corrected chi connectivity index (χ0v) is 21.6. The fraction of sp³-hybridized carbons (Fsp3) is 0.481. The molecule has 200 valence electrons. The minimum Gasteiger partial charge on any atom is -0.493 e. The number of carbonyl (C=O) groups is 3. The monoisotopic (exact) mass is 514 g/mol. The number of amides is 1. The van der Waals surface area contributed by atoms with Crippen LogP contribution in [0.15, 0.2) is 42.6 Å². The van der Waals surface area contributed by atoms with E-state index in [-0.39, 0.29) is 29.2 Å². The molecular formula is C27H34N2O8. The van der Waals surface area contributed by atoms with Crippen molar-refractivity contribution >= 4 is 17.8 Å². The molecule has 1 saturated carbocycles. The number of aromatic nitrogens is 1. The highest BCUT2D eigenvalue weighted by Crippen LogP contribution is 2.33. The van der Waals surface area contributed by atoms with E-state index in [0.717, 1.165) is 25.7 Å². The number of rotatable bonds is 12. The van der Waals surface area contributed by atoms with Gasteiger partial charge in [-0.25, -0.2) is 9.78 Å². The number of nitrogens with one attached hydrogen (secondary N) is 1. The summed E-state index contributed by atoms with van der Waals surface area (Å²) in [5, 5.41) is 2.61. The zero-order chi connectivity index (χ0) is 26.8. The van der Waals surface area contributed by atoms with Gasteiger partial charge in [0.2, 0.25) is 6.79 Å². The Hall–Kier alpha value is -3.82. The van der Waals surface area contributed by atoms with Crippen LogP contribution in [0.1, 0.15) is 56.9 Å². The number of hydrogen-bond donors (Lipinski definition) is 1. The maximum Gasteiger partial charge on any atom is 0.328 e. The topological polar surface area (TPSA) is 122 Å². The fourth-order valence-electron chi connectivity index (χ4n) is 4.27. The molecule has 3 atom stereocenters. The average molecular weight is 515 g/mol. The Balaban J connectivity index is 1.68. The molecule has 0 spiro atoms. The van der Waals surface area contributed by atoms with E-state index in [2.05, 4.69) is 10.3 Å². The minimum absolute atomic E-state index is 0.0157. The molecule has 1 amide bonds. The summed E-state index contributed by atoms with van der Waals surface area (Å²) in [6.07, 6.45) is 4.55. The summed E-state index contributed by atoms with van der Waals surface area (Å²) < 4.78 is 27.5. The minimum atomic E-state index is -0.977. The standard InChI is InChI=1S/C27H34N2O8/c1-17(29-26(31)23-25(35-16-34-19(3)30)22(33-4)14-15-28-23)27(32)37-24(20-10-8-9-11-20)18(2)36-21-12-6-5-7-13-21/h5-7,12-15,17-18,20,24H,8-11,16H2,1-4H3,(H,29,31)/t17-,18-,24+/m0/s1. The number of pyridine rings is 1. The van der Waals surface area contributed by atoms with Crippen molar-refractivity contribution in [3.8, 4) is 17.2 Å². The molecule has 37 heavy (non-hydrogen) atoms. The Labute approximate surface area is 216 Å². The molecule has 1 aromatic heterocycles. The van der Waals surface area contributed by atoms with Crippen molar-refractivity contribution in [3.63, 3.8) is 0 Å². The number of para-hydroxylation sites is 1. The van der Waals surface area contributed by atoms with Crippen LogP contribution in [0.5, 0.6) is 17.2 Å². The summed E-state index contributed by atoms with van der Waals surface area (Å²) >= 11 is 0. The highest BCUT2D eigenvalue weighted by molar-refractivity contribution is 5.98. The van der Waals surface area contributed by atoms with Crippen molar-refractivity contribution in [2.24, 2.45) is 5.92 Å². The molecule has 0 radical (unpaired) electrons. The highest BCUT2D eigenvalue weighted by atomic mass is 16.7. The van der Waals surface area contributed by atoms with E-state index in [4.69, 9.17) is 23.7 Å². The molecular weight excluding hydrogens is 480 g/mol. The average Bonchev–Trinajstić information content (AvgIpc) is 3.42. The van der Waals surface area contributed by atoms with Gasteiger partial charge in [0, 0.05) is 19.2 Å². The summed E-state index contributed by atoms with van der Waals surface area (Å²) in [6, 6.07) is 9.90. The van der Waals surface area contributed by atoms with Crippen LogP contribution in [0.2, 0.25) is 0 Å². The third kappa shape index (κ3) is 7.83. The molecule has 0 unspecified atom stereocenters. The second kappa shape index (κ2) is 13.5. The summed E-state index contributed by atoms with van der Waals surface area (Å²) in [4.78, 5) is 41.2. The molecule has 1 N–H and O–H groups in total. The quantitative estimate of drug-likeness (QED) is 0.334. The van der Waals surface area contributed by atoms with Crippen molar-refractivity contribution in [1.82, 2.24) is 10.3 Å². The SMILES string of the molecule is COc1ccnc(C(=O)N[C@@H](C)C(=O)O[C@@H](C2CCCC2)[C@H](C)Oc2ccccc2)c1OCOC(C)=O. The molecule has 10 heteroatoms. The van der Waals surface area contributed by atoms with Crippen LogP contribution >= 0.6 is 0 Å². The van der Waals surface area contributed by atoms with Gasteiger partial charge in [0.15, 0.2) is 17.2 Å². The third-order valence-electron chi connectivity index (χ3n) is 6.11. The lowest BCUT2D eigenvalue weighted by Crippen LogP contribution is -2.45. The summed E-state index contributed by atoms with van der Waals surface area (Å²) in [5.41, 5.74) is -0.126. The molecule has 1 fully saturated rings. The first kappa shape index (κ1) is 27.8. The van der Waals surface area contributed by atoms with Gasteiger partial charge < -0.3 is 29.0 Å². The fourth-order valence-corrected chi connectivity index (χ4v) is 4.27. The van der Waals surface area contributed by atoms with Crippen molar-refractivity contribution in [2.45, 2.75) is 64.7 Å². The number of methoxy groups -OCH3 is 1. The van der Waals surface area contributed by atoms with E-state index >= 15 is 0 Å². The lowest BCUT2D eigenvalue weighted by Gasteiger charge is -2.30. The van der Waals surface area contributed by atoms with Crippen LogP contribution in [-0.4, -0.2) is 55.0 Å². The third-order valence-corrected chi connectivity index (χ3v) is 6.11. The van der Waals surface area contributed by atoms with Gasteiger partial charge in [-0.3, -0.25) is 9.59 Å². The summed E-state index contributed by atoms with van der Waals surface area (Å²) in [6.45, 7) is 4.22. The Bertz CT molecular complexity index is 1060. The van der Waals surface area contributed by atoms with Gasteiger partial charge in [-0.1, -0.05) is 31.0 Å². The van der Waals surface area contributed by atoms with Gasteiger partial charge in [0.25, 0.3) is 5.91 Å². The summed E-state index contributed by atoms with van der Waals surface area (Å²) in [5.74, 6) is -0.736. The van der Waals surface area contributed by atoms with Crippen LogP contribution in [0.25, 0.3) is 0 Å². The highest BCUT2D eigenvalue weighted by Gasteiger charge is 2.35. The Morgan fingerprint density at radius 1 is 1.08 bits per heavy atom. The van der Waals surface area contributed by atoms with Gasteiger partial charge in [0.05, 0.1) is 7.11 Å². The Morgan fingerprint density at radius 3 is 2.43 bits per heavy atom. The number of nitrogens with zero attached hydrogens (tertiary/aromatic N) is 1. The lowest BCUT2D eigenvalue weighted by molar-refractivity contribution is -0.159. The predicted molar refractivity (Wildman–Crippen MR) is 133 cm³/mol. The number of benzene rings is 1. The van der Waals surface area contributed by atoms with Gasteiger partial charge >= 0.3 is 11.9 Å². The Kier molecular flexibility index (Phi) is 10.1. The smallest absolute Gasteiger partial charge is 0.328 e. The number of carbonyl (C=O) groups excluding carboxylic acids is 3. The molecule has 0 saturated heterocycles. The van der Waals surface area contributed by atoms with E-state index in [1.54, 1.807) is 0 Å². The van der Waals surface area contributed by atoms with E-state index in [0.29, 0.717) is 5.75 Å². The van der Waals surface area contributed by atoms with E-state index in [9.17, 15) is 14.4 Å².